The van der Waals surface area contributed by atoms with Crippen LogP contribution in [0.3, 0.4) is 0 Å². The molecule has 134 valence electrons. The Labute approximate surface area is 162 Å². The van der Waals surface area contributed by atoms with E-state index in [9.17, 15) is 0 Å². The zero-order valence-corrected chi connectivity index (χ0v) is 15.1. The number of nitrogens with zero attached hydrogens (tertiary/aromatic N) is 2. The maximum Gasteiger partial charge on any atom is 0.138 e. The van der Waals surface area contributed by atoms with Gasteiger partial charge in [-0.1, -0.05) is 66.7 Å². The topological polar surface area (TPSA) is 53.6 Å². The number of rotatable bonds is 4. The highest BCUT2D eigenvalue weighted by Gasteiger charge is 2.10. The zero-order valence-electron chi connectivity index (χ0n) is 15.1. The Morgan fingerprint density at radius 1 is 0.714 bits per heavy atom. The molecule has 0 aliphatic heterocycles. The van der Waals surface area contributed by atoms with Crippen molar-refractivity contribution in [3.05, 3.63) is 97.5 Å². The maximum atomic E-state index is 4.74. The van der Waals surface area contributed by atoms with Crippen molar-refractivity contribution in [2.75, 3.05) is 5.32 Å². The van der Waals surface area contributed by atoms with Gasteiger partial charge >= 0.3 is 0 Å². The average molecular weight is 362 g/mol. The molecule has 0 atom stereocenters. The summed E-state index contributed by atoms with van der Waals surface area (Å²) < 4.78 is 0. The predicted octanol–water partition coefficient (Wildman–Crippen LogP) is 6.04. The molecule has 0 spiro atoms. The third kappa shape index (κ3) is 3.01. The highest BCUT2D eigenvalue weighted by molar-refractivity contribution is 6.02. The fraction of sp³-hybridized carbons (Fsp3) is 0. The molecular weight excluding hydrogens is 344 g/mol. The third-order valence-electron chi connectivity index (χ3n) is 4.78. The smallest absolute Gasteiger partial charge is 0.138 e. The fourth-order valence-electron chi connectivity index (χ4n) is 3.44. The van der Waals surface area contributed by atoms with Gasteiger partial charge in [-0.05, 0) is 23.1 Å². The van der Waals surface area contributed by atoms with E-state index in [2.05, 4.69) is 63.8 Å². The first-order valence-electron chi connectivity index (χ1n) is 9.18. The molecule has 5 aromatic rings. The number of benzene rings is 3. The average Bonchev–Trinajstić information content (AvgIpc) is 3.30. The van der Waals surface area contributed by atoms with E-state index in [0.29, 0.717) is 0 Å². The first-order chi connectivity index (χ1) is 13.9. The van der Waals surface area contributed by atoms with Crippen LogP contribution in [0.4, 0.5) is 11.5 Å². The summed E-state index contributed by atoms with van der Waals surface area (Å²) in [7, 11) is 0. The predicted molar refractivity (Wildman–Crippen MR) is 114 cm³/mol. The molecule has 0 saturated carbocycles. The van der Waals surface area contributed by atoms with E-state index < -0.39 is 0 Å². The summed E-state index contributed by atoms with van der Waals surface area (Å²) in [6.45, 7) is 0. The van der Waals surface area contributed by atoms with Gasteiger partial charge in [0.25, 0.3) is 0 Å². The van der Waals surface area contributed by atoms with Crippen molar-refractivity contribution in [3.8, 4) is 22.5 Å². The molecule has 28 heavy (non-hydrogen) atoms. The number of hydrogen-bond acceptors (Lipinski definition) is 3. The monoisotopic (exact) mass is 362 g/mol. The summed E-state index contributed by atoms with van der Waals surface area (Å²) in [6.07, 6.45) is 5.52. The largest absolute Gasteiger partial charge is 0.345 e. The molecule has 0 bridgehead atoms. The first-order valence-corrected chi connectivity index (χ1v) is 9.18. The fourth-order valence-corrected chi connectivity index (χ4v) is 3.44. The second-order valence-corrected chi connectivity index (χ2v) is 6.58. The number of aromatic amines is 1. The van der Waals surface area contributed by atoms with E-state index in [1.165, 1.54) is 5.39 Å². The van der Waals surface area contributed by atoms with Gasteiger partial charge in [-0.15, -0.1) is 0 Å². The van der Waals surface area contributed by atoms with Gasteiger partial charge in [0.15, 0.2) is 0 Å². The summed E-state index contributed by atoms with van der Waals surface area (Å²) in [4.78, 5) is 12.2. The molecule has 0 aliphatic carbocycles. The second kappa shape index (κ2) is 7.00. The van der Waals surface area contributed by atoms with Gasteiger partial charge in [0.2, 0.25) is 0 Å². The van der Waals surface area contributed by atoms with Crippen molar-refractivity contribution in [3.63, 3.8) is 0 Å². The Bertz CT molecular complexity index is 1230. The highest BCUT2D eigenvalue weighted by atomic mass is 15.0. The summed E-state index contributed by atoms with van der Waals surface area (Å²) in [6, 6.07) is 26.9. The summed E-state index contributed by atoms with van der Waals surface area (Å²) in [5.41, 5.74) is 4.29. The van der Waals surface area contributed by atoms with Crippen LogP contribution >= 0.6 is 0 Å². The molecule has 2 N–H and O–H groups in total. The van der Waals surface area contributed by atoms with Crippen LogP contribution in [0.25, 0.3) is 33.3 Å². The normalized spacial score (nSPS) is 10.9. The molecule has 5 rings (SSSR count). The number of nitrogens with one attached hydrogen (secondary N) is 2. The van der Waals surface area contributed by atoms with Gasteiger partial charge in [-0.3, -0.25) is 0 Å². The Hall–Kier alpha value is -3.92. The van der Waals surface area contributed by atoms with E-state index in [-0.39, 0.29) is 0 Å². The lowest BCUT2D eigenvalue weighted by molar-refractivity contribution is 1.30. The van der Waals surface area contributed by atoms with E-state index in [4.69, 9.17) is 4.98 Å². The molecular formula is C24H18N4. The molecule has 0 amide bonds. The molecule has 0 saturated heterocycles. The Morgan fingerprint density at radius 3 is 2.32 bits per heavy atom. The van der Waals surface area contributed by atoms with Crippen molar-refractivity contribution in [2.24, 2.45) is 0 Å². The van der Waals surface area contributed by atoms with E-state index in [0.717, 1.165) is 39.4 Å². The lowest BCUT2D eigenvalue weighted by Gasteiger charge is -2.13. The lowest BCUT2D eigenvalue weighted by atomic mass is 10.0. The molecule has 2 aromatic heterocycles. The van der Waals surface area contributed by atoms with E-state index >= 15 is 0 Å². The molecule has 3 aromatic carbocycles. The van der Waals surface area contributed by atoms with Crippen LogP contribution in [0, 0.1) is 0 Å². The SMILES string of the molecule is c1ccc(-c2cnc(Nc3cccc(-c4ncc[nH]4)c3)c3ccccc23)cc1. The van der Waals surface area contributed by atoms with Crippen LogP contribution in [0.2, 0.25) is 0 Å². The van der Waals surface area contributed by atoms with Crippen LogP contribution in [0.5, 0.6) is 0 Å². The van der Waals surface area contributed by atoms with E-state index in [1.54, 1.807) is 6.20 Å². The molecule has 0 radical (unpaired) electrons. The zero-order chi connectivity index (χ0) is 18.8. The van der Waals surface area contributed by atoms with Crippen LogP contribution in [0.15, 0.2) is 97.5 Å². The summed E-state index contributed by atoms with van der Waals surface area (Å²) in [5, 5.41) is 5.74. The molecule has 0 unspecified atom stereocenters. The minimum Gasteiger partial charge on any atom is -0.345 e. The van der Waals surface area contributed by atoms with Crippen LogP contribution in [-0.2, 0) is 0 Å². The van der Waals surface area contributed by atoms with Crippen molar-refractivity contribution in [1.29, 1.82) is 0 Å². The number of anilines is 2. The Balaban J connectivity index is 1.57. The lowest BCUT2D eigenvalue weighted by Crippen LogP contribution is -1.96. The quantitative estimate of drug-likeness (QED) is 0.410. The van der Waals surface area contributed by atoms with E-state index in [1.807, 2.05) is 42.7 Å². The first kappa shape index (κ1) is 16.3. The second-order valence-electron chi connectivity index (χ2n) is 6.58. The number of pyridine rings is 1. The van der Waals surface area contributed by atoms with Gasteiger partial charge < -0.3 is 10.3 Å². The van der Waals surface area contributed by atoms with Crippen LogP contribution in [-0.4, -0.2) is 15.0 Å². The molecule has 2 heterocycles. The third-order valence-corrected chi connectivity index (χ3v) is 4.78. The Kier molecular flexibility index (Phi) is 4.07. The number of fused-ring (bicyclic) bond motifs is 1. The van der Waals surface area contributed by atoms with Crippen molar-refractivity contribution in [1.82, 2.24) is 15.0 Å². The van der Waals surface area contributed by atoms with Gasteiger partial charge in [0, 0.05) is 40.8 Å². The van der Waals surface area contributed by atoms with Crippen molar-refractivity contribution < 1.29 is 0 Å². The number of H-pyrrole nitrogens is 1. The van der Waals surface area contributed by atoms with Gasteiger partial charge in [0.1, 0.15) is 11.6 Å². The molecule has 0 fully saturated rings. The van der Waals surface area contributed by atoms with Crippen LogP contribution < -0.4 is 5.32 Å². The number of aromatic nitrogens is 3. The minimum absolute atomic E-state index is 0.840. The number of hydrogen-bond donors (Lipinski definition) is 2. The number of imidazole rings is 1. The highest BCUT2D eigenvalue weighted by Crippen LogP contribution is 2.33. The molecule has 0 aliphatic rings. The summed E-state index contributed by atoms with van der Waals surface area (Å²) in [5.74, 6) is 1.69. The standard InChI is InChI=1S/C24H18N4/c1-2-7-17(8-3-1)22-16-27-24(21-12-5-4-11-20(21)22)28-19-10-6-9-18(15-19)23-25-13-14-26-23/h1-16H,(H,25,26)(H,27,28). The Morgan fingerprint density at radius 2 is 1.50 bits per heavy atom. The van der Waals surface area contributed by atoms with Crippen molar-refractivity contribution >= 4 is 22.3 Å². The van der Waals surface area contributed by atoms with Gasteiger partial charge in [-0.25, -0.2) is 9.97 Å². The van der Waals surface area contributed by atoms with Crippen LogP contribution in [0.1, 0.15) is 0 Å². The van der Waals surface area contributed by atoms with Gasteiger partial charge in [-0.2, -0.15) is 0 Å². The summed E-state index contributed by atoms with van der Waals surface area (Å²) >= 11 is 0. The minimum atomic E-state index is 0.840. The van der Waals surface area contributed by atoms with Gasteiger partial charge in [0.05, 0.1) is 0 Å². The maximum absolute atomic E-state index is 4.74. The van der Waals surface area contributed by atoms with Crippen molar-refractivity contribution in [2.45, 2.75) is 0 Å². The molecule has 4 nitrogen and oxygen atoms in total. The molecule has 4 heteroatoms.